The molecule has 6 rings (SSSR count). The summed E-state index contributed by atoms with van der Waals surface area (Å²) in [7, 11) is 3.46. The van der Waals surface area contributed by atoms with Crippen LogP contribution in [0.4, 0.5) is 0 Å². The van der Waals surface area contributed by atoms with Crippen molar-refractivity contribution in [3.63, 3.8) is 0 Å². The average molecular weight is 510 g/mol. The van der Waals surface area contributed by atoms with E-state index in [0.29, 0.717) is 12.8 Å². The lowest BCUT2D eigenvalue weighted by molar-refractivity contribution is -0.985. The summed E-state index contributed by atoms with van der Waals surface area (Å²) in [5.74, 6) is 3.45. The zero-order valence-electron chi connectivity index (χ0n) is 19.0. The first-order valence-electron chi connectivity index (χ1n) is 11.3. The Balaban J connectivity index is 0.00000228. The molecule has 6 heteroatoms. The quantitative estimate of drug-likeness (QED) is 0.502. The van der Waals surface area contributed by atoms with Crippen LogP contribution in [0.25, 0.3) is 0 Å². The van der Waals surface area contributed by atoms with E-state index in [1.54, 1.807) is 14.2 Å². The average Bonchev–Trinajstić information content (AvgIpc) is 3.29. The van der Waals surface area contributed by atoms with Gasteiger partial charge in [-0.3, -0.25) is 0 Å². The van der Waals surface area contributed by atoms with Gasteiger partial charge in [-0.2, -0.15) is 0 Å². The van der Waals surface area contributed by atoms with Crippen molar-refractivity contribution in [2.75, 3.05) is 27.6 Å². The van der Waals surface area contributed by atoms with E-state index in [1.807, 2.05) is 6.07 Å². The van der Waals surface area contributed by atoms with Crippen LogP contribution in [0.15, 0.2) is 54.6 Å². The third-order valence-electron chi connectivity index (χ3n) is 7.45. The van der Waals surface area contributed by atoms with Gasteiger partial charge in [-0.25, -0.2) is 0 Å². The molecule has 3 aliphatic heterocycles. The molecule has 172 valence electrons. The SMILES string of the molecule is COc1ccc2c(c1OC)C[N+]1(Cc3ccccc3)CCc3cc4c(cc3C1C2)OCO4.[Br-]. The highest BCUT2D eigenvalue weighted by Crippen LogP contribution is 2.51. The second-order valence-corrected chi connectivity index (χ2v) is 9.06. The maximum absolute atomic E-state index is 5.87. The van der Waals surface area contributed by atoms with Crippen LogP contribution in [-0.2, 0) is 25.9 Å². The van der Waals surface area contributed by atoms with Crippen LogP contribution in [0.3, 0.4) is 0 Å². The summed E-state index contributed by atoms with van der Waals surface area (Å²) in [6, 6.07) is 19.9. The van der Waals surface area contributed by atoms with Gasteiger partial charge in [-0.15, -0.1) is 0 Å². The molecular formula is C27H28BrNO4. The lowest BCUT2D eigenvalue weighted by atomic mass is 9.80. The molecule has 3 aromatic rings. The zero-order valence-corrected chi connectivity index (χ0v) is 20.6. The first-order chi connectivity index (χ1) is 15.7. The number of quaternary nitrogens is 1. The summed E-state index contributed by atoms with van der Waals surface area (Å²) >= 11 is 0. The molecule has 0 spiro atoms. The molecule has 0 amide bonds. The molecule has 0 aromatic heterocycles. The van der Waals surface area contributed by atoms with Crippen LogP contribution in [0, 0.1) is 0 Å². The van der Waals surface area contributed by atoms with E-state index < -0.39 is 0 Å². The Bertz CT molecular complexity index is 1180. The van der Waals surface area contributed by atoms with E-state index in [9.17, 15) is 0 Å². The van der Waals surface area contributed by atoms with E-state index in [4.69, 9.17) is 18.9 Å². The minimum absolute atomic E-state index is 0. The highest BCUT2D eigenvalue weighted by Gasteiger charge is 2.47. The molecule has 0 bridgehead atoms. The Morgan fingerprint density at radius 3 is 2.48 bits per heavy atom. The van der Waals surface area contributed by atoms with Crippen molar-refractivity contribution in [2.45, 2.75) is 32.0 Å². The predicted molar refractivity (Wildman–Crippen MR) is 121 cm³/mol. The van der Waals surface area contributed by atoms with Crippen LogP contribution in [0.2, 0.25) is 0 Å². The van der Waals surface area contributed by atoms with Gasteiger partial charge in [0, 0.05) is 24.0 Å². The Labute approximate surface area is 205 Å². The predicted octanol–water partition coefficient (Wildman–Crippen LogP) is 1.81. The number of ether oxygens (including phenoxy) is 4. The normalized spacial score (nSPS) is 21.8. The third-order valence-corrected chi connectivity index (χ3v) is 7.45. The van der Waals surface area contributed by atoms with Gasteiger partial charge >= 0.3 is 0 Å². The standard InChI is InChI=1S/C27H28NO4.BrH/c1-29-24-9-8-19-12-23-21-14-26-25(31-17-32-26)13-20(21)10-11-28(23,16-22(19)27(24)30-2)15-18-6-4-3-5-7-18;/h3-9,13-14,23H,10-12,15-17H2,1-2H3;1H/q+1;/p-1. The number of nitrogens with zero attached hydrogens (tertiary/aromatic N) is 1. The van der Waals surface area contributed by atoms with E-state index in [0.717, 1.165) is 60.0 Å². The largest absolute Gasteiger partial charge is 1.00 e. The fraction of sp³-hybridized carbons (Fsp3) is 0.333. The maximum Gasteiger partial charge on any atom is 0.231 e. The van der Waals surface area contributed by atoms with E-state index in [2.05, 4.69) is 48.5 Å². The van der Waals surface area contributed by atoms with E-state index >= 15 is 0 Å². The molecule has 0 N–H and O–H groups in total. The van der Waals surface area contributed by atoms with Crippen molar-refractivity contribution in [3.05, 3.63) is 82.4 Å². The molecular weight excluding hydrogens is 482 g/mol. The Morgan fingerprint density at radius 2 is 1.73 bits per heavy atom. The van der Waals surface area contributed by atoms with Crippen LogP contribution in [-0.4, -0.2) is 32.0 Å². The molecule has 0 saturated carbocycles. The van der Waals surface area contributed by atoms with Crippen molar-refractivity contribution < 1.29 is 40.4 Å². The number of hydrogen-bond acceptors (Lipinski definition) is 4. The van der Waals surface area contributed by atoms with Crippen molar-refractivity contribution in [3.8, 4) is 23.0 Å². The summed E-state index contributed by atoms with van der Waals surface area (Å²) in [5.41, 5.74) is 6.79. The highest BCUT2D eigenvalue weighted by molar-refractivity contribution is 5.54. The maximum atomic E-state index is 5.87. The fourth-order valence-corrected chi connectivity index (χ4v) is 5.92. The highest BCUT2D eigenvalue weighted by atomic mass is 79.9. The summed E-state index contributed by atoms with van der Waals surface area (Å²) < 4.78 is 23.9. The smallest absolute Gasteiger partial charge is 0.231 e. The van der Waals surface area contributed by atoms with Crippen molar-refractivity contribution in [1.29, 1.82) is 0 Å². The molecule has 2 atom stereocenters. The lowest BCUT2D eigenvalue weighted by Gasteiger charge is -2.51. The molecule has 33 heavy (non-hydrogen) atoms. The monoisotopic (exact) mass is 509 g/mol. The van der Waals surface area contributed by atoms with Crippen LogP contribution >= 0.6 is 0 Å². The molecule has 0 radical (unpaired) electrons. The van der Waals surface area contributed by atoms with E-state index in [-0.39, 0.29) is 17.0 Å². The summed E-state index contributed by atoms with van der Waals surface area (Å²) in [5, 5.41) is 0. The van der Waals surface area contributed by atoms with Crippen LogP contribution < -0.4 is 35.9 Å². The first-order valence-corrected chi connectivity index (χ1v) is 11.3. The van der Waals surface area contributed by atoms with Gasteiger partial charge in [0.1, 0.15) is 19.1 Å². The fourth-order valence-electron chi connectivity index (χ4n) is 5.92. The Morgan fingerprint density at radius 1 is 0.939 bits per heavy atom. The lowest BCUT2D eigenvalue weighted by Crippen LogP contribution is -3.00. The summed E-state index contributed by atoms with van der Waals surface area (Å²) in [6.45, 7) is 3.29. The Kier molecular flexibility index (Phi) is 5.75. The van der Waals surface area contributed by atoms with Gasteiger partial charge in [-0.1, -0.05) is 36.4 Å². The number of halogens is 1. The van der Waals surface area contributed by atoms with Gasteiger partial charge in [0.2, 0.25) is 6.79 Å². The van der Waals surface area contributed by atoms with Gasteiger partial charge in [0.05, 0.1) is 26.3 Å². The number of benzene rings is 3. The zero-order chi connectivity index (χ0) is 21.7. The molecule has 0 fully saturated rings. The topological polar surface area (TPSA) is 36.9 Å². The molecule has 2 unspecified atom stereocenters. The minimum atomic E-state index is 0. The first kappa shape index (κ1) is 22.1. The van der Waals surface area contributed by atoms with Crippen LogP contribution in [0.1, 0.15) is 33.9 Å². The molecule has 0 saturated heterocycles. The van der Waals surface area contributed by atoms with Gasteiger partial charge < -0.3 is 40.4 Å². The van der Waals surface area contributed by atoms with Crippen molar-refractivity contribution in [1.82, 2.24) is 0 Å². The molecule has 0 aliphatic carbocycles. The summed E-state index contributed by atoms with van der Waals surface area (Å²) in [4.78, 5) is 0. The van der Waals surface area contributed by atoms with Crippen molar-refractivity contribution in [2.24, 2.45) is 0 Å². The molecule has 5 nitrogen and oxygen atoms in total. The minimum Gasteiger partial charge on any atom is -1.00 e. The summed E-state index contributed by atoms with van der Waals surface area (Å²) in [6.07, 6.45) is 1.99. The third kappa shape index (κ3) is 3.56. The molecule has 3 heterocycles. The van der Waals surface area contributed by atoms with Gasteiger partial charge in [0.15, 0.2) is 23.0 Å². The second kappa shape index (κ2) is 8.58. The van der Waals surface area contributed by atoms with Crippen LogP contribution in [0.5, 0.6) is 23.0 Å². The number of hydrogen-bond donors (Lipinski definition) is 0. The number of methoxy groups -OCH3 is 2. The number of fused-ring (bicyclic) bond motifs is 5. The van der Waals surface area contributed by atoms with Gasteiger partial charge in [-0.05, 0) is 29.3 Å². The molecule has 3 aromatic carbocycles. The molecule has 3 aliphatic rings. The van der Waals surface area contributed by atoms with E-state index in [1.165, 1.54) is 27.8 Å². The second-order valence-electron chi connectivity index (χ2n) is 9.06. The van der Waals surface area contributed by atoms with Gasteiger partial charge in [0.25, 0.3) is 0 Å². The van der Waals surface area contributed by atoms with Crippen molar-refractivity contribution >= 4 is 0 Å². The Hall–Kier alpha value is -2.70. The number of rotatable bonds is 4.